The number of methoxy groups -OCH3 is 6. The van der Waals surface area contributed by atoms with Crippen molar-refractivity contribution in [3.63, 3.8) is 0 Å². The monoisotopic (exact) mass is 667 g/mol. The molecule has 2 aromatic heterocycles. The Bertz CT molecular complexity index is 1960. The number of carbonyl (C=O) groups is 1. The van der Waals surface area contributed by atoms with E-state index >= 15 is 0 Å². The zero-order valence-electron chi connectivity index (χ0n) is 24.9. The smallest absolute Gasteiger partial charge is 0.361 e. The maximum atomic E-state index is 13.7. The first-order valence-corrected chi connectivity index (χ1v) is 14.1. The lowest BCUT2D eigenvalue weighted by molar-refractivity contribution is 0.0686. The van der Waals surface area contributed by atoms with Crippen LogP contribution in [-0.4, -0.2) is 58.3 Å². The summed E-state index contributed by atoms with van der Waals surface area (Å²) >= 11 is 3.58. The molecule has 3 aromatic carbocycles. The van der Waals surface area contributed by atoms with Gasteiger partial charge in [-0.3, -0.25) is 0 Å². The highest BCUT2D eigenvalue weighted by atomic mass is 79.9. The van der Waals surface area contributed by atoms with Gasteiger partial charge in [-0.2, -0.15) is 0 Å². The Morgan fingerprint density at radius 3 is 1.98 bits per heavy atom. The van der Waals surface area contributed by atoms with Crippen LogP contribution in [0.1, 0.15) is 16.1 Å². The fourth-order valence-corrected chi connectivity index (χ4v) is 5.94. The predicted octanol–water partition coefficient (Wildman–Crippen LogP) is 6.17. The average Bonchev–Trinajstić information content (AvgIpc) is 3.39. The number of aromatic carboxylic acids is 1. The second-order valence-corrected chi connectivity index (χ2v) is 10.5. The molecule has 0 amide bonds. The lowest BCUT2D eigenvalue weighted by atomic mass is 9.99. The Balaban J connectivity index is 1.86. The quantitative estimate of drug-likeness (QED) is 0.163. The van der Waals surface area contributed by atoms with Crippen LogP contribution >= 0.6 is 15.9 Å². The van der Waals surface area contributed by atoms with Crippen molar-refractivity contribution >= 4 is 43.8 Å². The number of carboxylic acids is 1. The number of aryl methyl sites for hydroxylation is 2. The predicted molar refractivity (Wildman–Crippen MR) is 168 cm³/mol. The Kier molecular flexibility index (Phi) is 8.63. The molecule has 0 aliphatic carbocycles. The molecule has 0 atom stereocenters. The standard InChI is InChI=1S/C32H30BrNO10/c1-38-20-8-7-17(12-22(20)39-2)27-28-18-13-24(41-4)26(43-6)15-21(18)44-32(37)30(28)34(29(27)31(35)36)10-9-16-11-23(40-3)25(42-5)14-19(16)33/h7-8,11-15H,9-10H2,1-6H3,(H,35,36). The summed E-state index contributed by atoms with van der Waals surface area (Å²) in [4.78, 5) is 26.8. The molecule has 0 aliphatic rings. The van der Waals surface area contributed by atoms with Crippen LogP contribution in [0.15, 0.2) is 56.1 Å². The van der Waals surface area contributed by atoms with Crippen LogP contribution in [0.2, 0.25) is 0 Å². The zero-order chi connectivity index (χ0) is 31.7. The molecule has 0 spiro atoms. The summed E-state index contributed by atoms with van der Waals surface area (Å²) in [5, 5.41) is 11.5. The average molecular weight is 668 g/mol. The van der Waals surface area contributed by atoms with Crippen LogP contribution in [0.25, 0.3) is 33.0 Å². The number of nitrogens with zero attached hydrogens (tertiary/aromatic N) is 1. The molecular formula is C32H30BrNO10. The highest BCUT2D eigenvalue weighted by Crippen LogP contribution is 2.44. The van der Waals surface area contributed by atoms with Crippen molar-refractivity contribution in [2.45, 2.75) is 13.0 Å². The molecule has 230 valence electrons. The number of fused-ring (bicyclic) bond motifs is 3. The fraction of sp³-hybridized carbons (Fsp3) is 0.250. The van der Waals surface area contributed by atoms with Crippen molar-refractivity contribution < 1.29 is 42.7 Å². The normalized spacial score (nSPS) is 11.1. The minimum atomic E-state index is -1.23. The largest absolute Gasteiger partial charge is 0.493 e. The molecule has 11 nitrogen and oxygen atoms in total. The molecule has 1 N–H and O–H groups in total. The molecule has 0 saturated carbocycles. The minimum absolute atomic E-state index is 0.0866. The van der Waals surface area contributed by atoms with Gasteiger partial charge in [0, 0.05) is 33.4 Å². The van der Waals surface area contributed by atoms with Crippen molar-refractivity contribution in [1.29, 1.82) is 0 Å². The summed E-state index contributed by atoms with van der Waals surface area (Å²) < 4.78 is 40.8. The van der Waals surface area contributed by atoms with Gasteiger partial charge in [0.2, 0.25) is 0 Å². The van der Waals surface area contributed by atoms with Crippen molar-refractivity contribution in [1.82, 2.24) is 4.57 Å². The zero-order valence-corrected chi connectivity index (χ0v) is 26.5. The Morgan fingerprint density at radius 2 is 1.36 bits per heavy atom. The number of ether oxygens (including phenoxy) is 6. The third-order valence-electron chi connectivity index (χ3n) is 7.45. The van der Waals surface area contributed by atoms with E-state index in [0.717, 1.165) is 10.0 Å². The van der Waals surface area contributed by atoms with E-state index in [0.29, 0.717) is 62.8 Å². The van der Waals surface area contributed by atoms with Crippen LogP contribution < -0.4 is 34.0 Å². The summed E-state index contributed by atoms with van der Waals surface area (Å²) in [6.45, 7) is 0.114. The van der Waals surface area contributed by atoms with E-state index in [1.807, 2.05) is 0 Å². The summed E-state index contributed by atoms with van der Waals surface area (Å²) in [5.74, 6) is 1.41. The number of carboxylic acid groups (broad SMARTS) is 1. The maximum Gasteiger partial charge on any atom is 0.361 e. The SMILES string of the molecule is COc1ccc(-c2c(C(=O)O)n(CCc3cc(OC)c(OC)cc3Br)c3c(=O)oc4cc(OC)c(OC)cc4c23)cc1OC. The van der Waals surface area contributed by atoms with Gasteiger partial charge in [0.05, 0.1) is 42.7 Å². The Morgan fingerprint density at radius 1 is 0.795 bits per heavy atom. The van der Waals surface area contributed by atoms with Gasteiger partial charge >= 0.3 is 11.6 Å². The van der Waals surface area contributed by atoms with Crippen LogP contribution in [-0.2, 0) is 13.0 Å². The highest BCUT2D eigenvalue weighted by Gasteiger charge is 2.29. The van der Waals surface area contributed by atoms with Gasteiger partial charge in [-0.25, -0.2) is 9.59 Å². The second kappa shape index (κ2) is 12.4. The topological polar surface area (TPSA) is 128 Å². The molecule has 5 aromatic rings. The van der Waals surface area contributed by atoms with E-state index in [4.69, 9.17) is 32.8 Å². The van der Waals surface area contributed by atoms with Crippen molar-refractivity contribution in [3.8, 4) is 45.6 Å². The van der Waals surface area contributed by atoms with Gasteiger partial charge in [-0.15, -0.1) is 0 Å². The Hall–Kier alpha value is -4.84. The number of hydrogen-bond donors (Lipinski definition) is 1. The van der Waals surface area contributed by atoms with Crippen molar-refractivity contribution in [2.75, 3.05) is 42.7 Å². The Labute approximate surface area is 260 Å². The lowest BCUT2D eigenvalue weighted by Crippen LogP contribution is -2.15. The summed E-state index contributed by atoms with van der Waals surface area (Å²) in [6, 6.07) is 11.9. The molecule has 0 saturated heterocycles. The molecule has 2 heterocycles. The number of hydrogen-bond acceptors (Lipinski definition) is 9. The first kappa shape index (κ1) is 30.6. The summed E-state index contributed by atoms with van der Waals surface area (Å²) in [6.07, 6.45) is 0.333. The molecule has 0 bridgehead atoms. The second-order valence-electron chi connectivity index (χ2n) is 9.62. The van der Waals surface area contributed by atoms with Gasteiger partial charge in [0.1, 0.15) is 16.8 Å². The number of halogens is 1. The van der Waals surface area contributed by atoms with E-state index in [-0.39, 0.29) is 23.3 Å². The number of benzene rings is 3. The van der Waals surface area contributed by atoms with Crippen LogP contribution in [0.5, 0.6) is 34.5 Å². The van der Waals surface area contributed by atoms with Crippen LogP contribution in [0.4, 0.5) is 0 Å². The van der Waals surface area contributed by atoms with Gasteiger partial charge < -0.3 is 42.5 Å². The van der Waals surface area contributed by atoms with E-state index in [2.05, 4.69) is 15.9 Å². The molecule has 12 heteroatoms. The van der Waals surface area contributed by atoms with Crippen molar-refractivity contribution in [3.05, 3.63) is 68.6 Å². The summed E-state index contributed by atoms with van der Waals surface area (Å²) in [5.41, 5.74) is 1.11. The molecule has 5 rings (SSSR count). The molecule has 0 aliphatic heterocycles. The third kappa shape index (κ3) is 5.15. The highest BCUT2D eigenvalue weighted by molar-refractivity contribution is 9.10. The van der Waals surface area contributed by atoms with E-state index in [9.17, 15) is 14.7 Å². The van der Waals surface area contributed by atoms with Gasteiger partial charge in [0.25, 0.3) is 0 Å². The summed E-state index contributed by atoms with van der Waals surface area (Å²) in [7, 11) is 9.04. The first-order chi connectivity index (χ1) is 21.2. The van der Waals surface area contributed by atoms with E-state index in [1.165, 1.54) is 40.1 Å². The minimum Gasteiger partial charge on any atom is -0.493 e. The molecular weight excluding hydrogens is 638 g/mol. The molecule has 44 heavy (non-hydrogen) atoms. The molecule has 0 radical (unpaired) electrons. The number of rotatable bonds is 11. The third-order valence-corrected chi connectivity index (χ3v) is 8.18. The molecule has 0 unspecified atom stereocenters. The van der Waals surface area contributed by atoms with Crippen molar-refractivity contribution in [2.24, 2.45) is 0 Å². The maximum absolute atomic E-state index is 13.7. The van der Waals surface area contributed by atoms with Crippen LogP contribution in [0.3, 0.4) is 0 Å². The molecule has 0 fully saturated rings. The number of aromatic nitrogens is 1. The fourth-order valence-electron chi connectivity index (χ4n) is 5.42. The van der Waals surface area contributed by atoms with Crippen LogP contribution in [0, 0.1) is 0 Å². The first-order valence-electron chi connectivity index (χ1n) is 13.3. The van der Waals surface area contributed by atoms with Gasteiger partial charge in [0.15, 0.2) is 34.5 Å². The van der Waals surface area contributed by atoms with E-state index < -0.39 is 11.6 Å². The lowest BCUT2D eigenvalue weighted by Gasteiger charge is -2.14. The van der Waals surface area contributed by atoms with Gasteiger partial charge in [-0.1, -0.05) is 22.0 Å². The van der Waals surface area contributed by atoms with Gasteiger partial charge in [-0.05, 0) is 47.9 Å². The van der Waals surface area contributed by atoms with E-state index in [1.54, 1.807) is 49.6 Å².